The summed E-state index contributed by atoms with van der Waals surface area (Å²) in [6, 6.07) is 10.5. The van der Waals surface area contributed by atoms with Crippen LogP contribution < -0.4 is 10.2 Å². The van der Waals surface area contributed by atoms with Crippen molar-refractivity contribution in [2.45, 2.75) is 18.9 Å². The number of pyridine rings is 1. The molecule has 0 aliphatic carbocycles. The molecule has 26 heavy (non-hydrogen) atoms. The van der Waals surface area contributed by atoms with E-state index < -0.39 is 0 Å². The van der Waals surface area contributed by atoms with Crippen molar-refractivity contribution >= 4 is 38.6 Å². The molecule has 0 unspecified atom stereocenters. The Morgan fingerprint density at radius 2 is 2.00 bits per heavy atom. The van der Waals surface area contributed by atoms with Crippen molar-refractivity contribution in [3.05, 3.63) is 52.8 Å². The Hall–Kier alpha value is -2.41. The minimum absolute atomic E-state index is 0.0507. The molecule has 0 atom stereocenters. The minimum atomic E-state index is -0.0507. The maximum absolute atomic E-state index is 12.3. The van der Waals surface area contributed by atoms with Crippen molar-refractivity contribution in [3.8, 4) is 0 Å². The molecule has 1 amide bonds. The van der Waals surface area contributed by atoms with Gasteiger partial charge < -0.3 is 10.2 Å². The second-order valence-corrected chi connectivity index (χ2v) is 7.56. The van der Waals surface area contributed by atoms with E-state index in [4.69, 9.17) is 4.98 Å². The lowest BCUT2D eigenvalue weighted by molar-refractivity contribution is 0.0931. The number of amides is 1. The molecule has 1 saturated heterocycles. The van der Waals surface area contributed by atoms with Gasteiger partial charge in [-0.1, -0.05) is 22.0 Å². The van der Waals surface area contributed by atoms with Crippen LogP contribution in [0.4, 0.5) is 5.82 Å². The summed E-state index contributed by atoms with van der Waals surface area (Å²) in [6.45, 7) is 1.76. The summed E-state index contributed by atoms with van der Waals surface area (Å²) in [5.41, 5.74) is 1.60. The molecule has 0 saturated carbocycles. The zero-order valence-corrected chi connectivity index (χ0v) is 16.1. The highest BCUT2D eigenvalue weighted by Gasteiger charge is 2.22. The molecule has 3 aromatic rings. The molecule has 0 radical (unpaired) electrons. The number of piperidine rings is 1. The van der Waals surface area contributed by atoms with E-state index in [9.17, 15) is 4.79 Å². The number of benzene rings is 1. The van der Waals surface area contributed by atoms with E-state index in [1.165, 1.54) is 0 Å². The average molecular weight is 414 g/mol. The Morgan fingerprint density at radius 1 is 1.23 bits per heavy atom. The van der Waals surface area contributed by atoms with Gasteiger partial charge in [-0.15, -0.1) is 0 Å². The quantitative estimate of drug-likeness (QED) is 0.716. The second kappa shape index (κ2) is 7.07. The van der Waals surface area contributed by atoms with E-state index in [0.717, 1.165) is 47.1 Å². The van der Waals surface area contributed by atoms with Crippen LogP contribution in [0.2, 0.25) is 0 Å². The minimum Gasteiger partial charge on any atom is -0.356 e. The van der Waals surface area contributed by atoms with Gasteiger partial charge in [0.15, 0.2) is 0 Å². The summed E-state index contributed by atoms with van der Waals surface area (Å²) in [4.78, 5) is 19.3. The highest BCUT2D eigenvalue weighted by molar-refractivity contribution is 9.10. The maximum Gasteiger partial charge on any atom is 0.254 e. The van der Waals surface area contributed by atoms with Crippen LogP contribution in [0.25, 0.3) is 10.9 Å². The summed E-state index contributed by atoms with van der Waals surface area (Å²) >= 11 is 3.50. The highest BCUT2D eigenvalue weighted by atomic mass is 79.9. The van der Waals surface area contributed by atoms with Gasteiger partial charge in [-0.2, -0.15) is 5.10 Å². The van der Waals surface area contributed by atoms with E-state index in [1.807, 2.05) is 19.2 Å². The Bertz CT molecular complexity index is 946. The molecule has 6 nitrogen and oxygen atoms in total. The SMILES string of the molecule is Cn1cc(C(=O)NC2CCN(c3ccc4ccc(Br)cc4n3)CC2)cn1. The number of fused-ring (bicyclic) bond motifs is 1. The van der Waals surface area contributed by atoms with Gasteiger partial charge in [0.25, 0.3) is 5.91 Å². The van der Waals surface area contributed by atoms with Crippen molar-refractivity contribution in [3.63, 3.8) is 0 Å². The van der Waals surface area contributed by atoms with Crippen LogP contribution in [0, 0.1) is 0 Å². The predicted molar refractivity (Wildman–Crippen MR) is 105 cm³/mol. The van der Waals surface area contributed by atoms with Gasteiger partial charge in [0.2, 0.25) is 0 Å². The predicted octanol–water partition coefficient (Wildman–Crippen LogP) is 3.13. The van der Waals surface area contributed by atoms with Gasteiger partial charge in [-0.25, -0.2) is 4.98 Å². The lowest BCUT2D eigenvalue weighted by Gasteiger charge is -2.33. The lowest BCUT2D eigenvalue weighted by Crippen LogP contribution is -2.44. The highest BCUT2D eigenvalue weighted by Crippen LogP contribution is 2.24. The third kappa shape index (κ3) is 3.58. The smallest absolute Gasteiger partial charge is 0.254 e. The van der Waals surface area contributed by atoms with Crippen LogP contribution in [0.3, 0.4) is 0 Å². The molecule has 1 aliphatic rings. The standard InChI is InChI=1S/C19H20BrN5O/c1-24-12-14(11-21-24)19(26)22-16-6-8-25(9-7-16)18-5-3-13-2-4-15(20)10-17(13)23-18/h2-5,10-12,16H,6-9H2,1H3,(H,22,26). The third-order valence-corrected chi connectivity index (χ3v) is 5.25. The molecule has 1 fully saturated rings. The topological polar surface area (TPSA) is 63.1 Å². The van der Waals surface area contributed by atoms with E-state index in [2.05, 4.69) is 49.4 Å². The number of nitrogens with one attached hydrogen (secondary N) is 1. The van der Waals surface area contributed by atoms with E-state index in [-0.39, 0.29) is 11.9 Å². The zero-order valence-electron chi connectivity index (χ0n) is 14.5. The number of anilines is 1. The normalized spacial score (nSPS) is 15.4. The number of nitrogens with zero attached hydrogens (tertiary/aromatic N) is 4. The molecule has 2 aromatic heterocycles. The molecule has 7 heteroatoms. The van der Waals surface area contributed by atoms with E-state index in [1.54, 1.807) is 17.1 Å². The molecular formula is C19H20BrN5O. The van der Waals surface area contributed by atoms with Crippen molar-refractivity contribution in [1.29, 1.82) is 0 Å². The first kappa shape index (κ1) is 17.0. The average Bonchev–Trinajstić information content (AvgIpc) is 3.08. The molecule has 4 rings (SSSR count). The van der Waals surface area contributed by atoms with E-state index >= 15 is 0 Å². The molecule has 1 aliphatic heterocycles. The monoisotopic (exact) mass is 413 g/mol. The first-order valence-corrected chi connectivity index (χ1v) is 9.48. The van der Waals surface area contributed by atoms with Gasteiger partial charge in [0, 0.05) is 42.2 Å². The van der Waals surface area contributed by atoms with Gasteiger partial charge in [0.1, 0.15) is 5.82 Å². The number of halogens is 1. The number of carbonyl (C=O) groups is 1. The Balaban J connectivity index is 1.39. The van der Waals surface area contributed by atoms with Crippen LogP contribution in [0.5, 0.6) is 0 Å². The zero-order chi connectivity index (χ0) is 18.1. The number of hydrogen-bond acceptors (Lipinski definition) is 4. The number of aromatic nitrogens is 3. The Kier molecular flexibility index (Phi) is 4.63. The fourth-order valence-electron chi connectivity index (χ4n) is 3.32. The summed E-state index contributed by atoms with van der Waals surface area (Å²) in [7, 11) is 1.81. The van der Waals surface area contributed by atoms with Crippen LogP contribution in [-0.2, 0) is 7.05 Å². The van der Waals surface area contributed by atoms with Crippen molar-refractivity contribution in [1.82, 2.24) is 20.1 Å². The number of aryl methyl sites for hydroxylation is 1. The number of carbonyl (C=O) groups excluding carboxylic acids is 1. The molecule has 0 spiro atoms. The van der Waals surface area contributed by atoms with Gasteiger partial charge in [0.05, 0.1) is 17.3 Å². The van der Waals surface area contributed by atoms with Gasteiger partial charge in [-0.3, -0.25) is 9.48 Å². The largest absolute Gasteiger partial charge is 0.356 e. The van der Waals surface area contributed by atoms with Crippen LogP contribution >= 0.6 is 15.9 Å². The molecule has 1 aromatic carbocycles. The maximum atomic E-state index is 12.3. The fourth-order valence-corrected chi connectivity index (χ4v) is 3.66. The Morgan fingerprint density at radius 3 is 2.73 bits per heavy atom. The fraction of sp³-hybridized carbons (Fsp3) is 0.316. The third-order valence-electron chi connectivity index (χ3n) is 4.76. The van der Waals surface area contributed by atoms with E-state index in [0.29, 0.717) is 5.56 Å². The summed E-state index contributed by atoms with van der Waals surface area (Å²) in [5.74, 6) is 0.942. The van der Waals surface area contributed by atoms with Gasteiger partial charge >= 0.3 is 0 Å². The molecule has 134 valence electrons. The summed E-state index contributed by atoms with van der Waals surface area (Å²) < 4.78 is 2.67. The lowest BCUT2D eigenvalue weighted by atomic mass is 10.0. The first-order valence-electron chi connectivity index (χ1n) is 8.69. The summed E-state index contributed by atoms with van der Waals surface area (Å²) in [6.07, 6.45) is 5.15. The van der Waals surface area contributed by atoms with Crippen molar-refractivity contribution in [2.75, 3.05) is 18.0 Å². The molecule has 0 bridgehead atoms. The number of hydrogen-bond donors (Lipinski definition) is 1. The first-order chi connectivity index (χ1) is 12.6. The van der Waals surface area contributed by atoms with Crippen molar-refractivity contribution < 1.29 is 4.79 Å². The van der Waals surface area contributed by atoms with Crippen molar-refractivity contribution in [2.24, 2.45) is 7.05 Å². The van der Waals surface area contributed by atoms with Crippen LogP contribution in [0.15, 0.2) is 47.2 Å². The van der Waals surface area contributed by atoms with Crippen LogP contribution in [-0.4, -0.2) is 39.8 Å². The summed E-state index contributed by atoms with van der Waals surface area (Å²) in [5, 5.41) is 8.30. The van der Waals surface area contributed by atoms with Gasteiger partial charge in [-0.05, 0) is 37.1 Å². The molecule has 1 N–H and O–H groups in total. The Labute approximate surface area is 160 Å². The second-order valence-electron chi connectivity index (χ2n) is 6.64. The van der Waals surface area contributed by atoms with Crippen LogP contribution in [0.1, 0.15) is 23.2 Å². The molecular weight excluding hydrogens is 394 g/mol. The molecule has 3 heterocycles. The number of rotatable bonds is 3.